The average molecular weight is 338 g/mol. The van der Waals surface area contributed by atoms with Crippen molar-refractivity contribution < 1.29 is 4.79 Å². The van der Waals surface area contributed by atoms with Crippen LogP contribution < -0.4 is 5.32 Å². The number of amides is 1. The molecule has 5 nitrogen and oxygen atoms in total. The Morgan fingerprint density at radius 3 is 2.40 bits per heavy atom. The highest BCUT2D eigenvalue weighted by Crippen LogP contribution is 2.18. The number of benzene rings is 1. The maximum atomic E-state index is 12.7. The summed E-state index contributed by atoms with van der Waals surface area (Å²) in [5.41, 5.74) is 3.70. The van der Waals surface area contributed by atoms with E-state index in [1.807, 2.05) is 17.0 Å². The molecular weight excluding hydrogens is 312 g/mol. The van der Waals surface area contributed by atoms with Crippen LogP contribution in [0.4, 0.5) is 11.4 Å². The molecule has 1 fully saturated rings. The Kier molecular flexibility index (Phi) is 5.66. The summed E-state index contributed by atoms with van der Waals surface area (Å²) in [5.74, 6) is 0.0146. The molecule has 1 aliphatic heterocycles. The van der Waals surface area contributed by atoms with Crippen LogP contribution >= 0.6 is 0 Å². The molecule has 0 spiro atoms. The molecule has 1 aromatic heterocycles. The van der Waals surface area contributed by atoms with Crippen molar-refractivity contribution in [3.8, 4) is 0 Å². The molecular formula is C20H26N4O. The van der Waals surface area contributed by atoms with Crippen LogP contribution in [0.15, 0.2) is 42.6 Å². The molecule has 0 atom stereocenters. The highest BCUT2D eigenvalue weighted by Gasteiger charge is 2.22. The number of nitrogens with one attached hydrogen (secondary N) is 1. The van der Waals surface area contributed by atoms with Crippen LogP contribution in [0.3, 0.4) is 0 Å². The topological polar surface area (TPSA) is 48.5 Å². The van der Waals surface area contributed by atoms with Gasteiger partial charge in [0.25, 0.3) is 5.91 Å². The van der Waals surface area contributed by atoms with E-state index in [2.05, 4.69) is 53.3 Å². The first-order valence-electron chi connectivity index (χ1n) is 9.03. The summed E-state index contributed by atoms with van der Waals surface area (Å²) in [7, 11) is 0. The summed E-state index contributed by atoms with van der Waals surface area (Å²) in [6.45, 7) is 8.74. The lowest BCUT2D eigenvalue weighted by molar-refractivity contribution is 0.0637. The van der Waals surface area contributed by atoms with E-state index < -0.39 is 0 Å². The molecule has 0 unspecified atom stereocenters. The Hall–Kier alpha value is -2.40. The van der Waals surface area contributed by atoms with E-state index >= 15 is 0 Å². The van der Waals surface area contributed by atoms with Crippen molar-refractivity contribution in [3.63, 3.8) is 0 Å². The average Bonchev–Trinajstić information content (AvgIpc) is 2.68. The van der Waals surface area contributed by atoms with Crippen molar-refractivity contribution >= 4 is 17.3 Å². The summed E-state index contributed by atoms with van der Waals surface area (Å²) in [6, 6.07) is 12.1. The number of nitrogens with zero attached hydrogens (tertiary/aromatic N) is 3. The molecule has 1 aromatic carbocycles. The number of likely N-dealkylation sites (N-methyl/N-ethyl adjacent to an activating group) is 1. The van der Waals surface area contributed by atoms with E-state index in [-0.39, 0.29) is 5.91 Å². The third-order valence-corrected chi connectivity index (χ3v) is 4.74. The minimum absolute atomic E-state index is 0.0146. The lowest BCUT2D eigenvalue weighted by atomic mass is 10.1. The quantitative estimate of drug-likeness (QED) is 0.910. The van der Waals surface area contributed by atoms with Gasteiger partial charge in [-0.2, -0.15) is 0 Å². The molecule has 2 aromatic rings. The number of aryl methyl sites for hydroxylation is 1. The number of rotatable bonds is 5. The van der Waals surface area contributed by atoms with Gasteiger partial charge in [0.05, 0.1) is 0 Å². The highest BCUT2D eigenvalue weighted by molar-refractivity contribution is 5.93. The SMILES string of the molecule is CCc1ccc(Nc2ccnc(C(=O)N3CCN(CC)CC3)c2)cc1. The molecule has 1 N–H and O–H groups in total. The molecule has 2 heterocycles. The van der Waals surface area contributed by atoms with Crippen LogP contribution in [0, 0.1) is 0 Å². The Bertz CT molecular complexity index is 706. The fourth-order valence-corrected chi connectivity index (χ4v) is 3.04. The summed E-state index contributed by atoms with van der Waals surface area (Å²) in [4.78, 5) is 21.2. The summed E-state index contributed by atoms with van der Waals surface area (Å²) in [6.07, 6.45) is 2.72. The van der Waals surface area contributed by atoms with Gasteiger partial charge in [0.1, 0.15) is 5.69 Å². The number of piperazine rings is 1. The molecule has 5 heteroatoms. The van der Waals surface area contributed by atoms with Gasteiger partial charge in [-0.1, -0.05) is 26.0 Å². The highest BCUT2D eigenvalue weighted by atomic mass is 16.2. The largest absolute Gasteiger partial charge is 0.355 e. The monoisotopic (exact) mass is 338 g/mol. The fourth-order valence-electron chi connectivity index (χ4n) is 3.04. The van der Waals surface area contributed by atoms with Gasteiger partial charge in [0.15, 0.2) is 0 Å². The molecule has 1 amide bonds. The standard InChI is InChI=1S/C20H26N4O/c1-3-16-5-7-17(8-6-16)22-18-9-10-21-19(15-18)20(25)24-13-11-23(4-2)12-14-24/h5-10,15H,3-4,11-14H2,1-2H3,(H,21,22). The first-order valence-corrected chi connectivity index (χ1v) is 9.03. The Balaban J connectivity index is 1.67. The van der Waals surface area contributed by atoms with Crippen LogP contribution in [0.2, 0.25) is 0 Å². The van der Waals surface area contributed by atoms with E-state index in [0.29, 0.717) is 5.69 Å². The van der Waals surface area contributed by atoms with E-state index in [4.69, 9.17) is 0 Å². The number of hydrogen-bond acceptors (Lipinski definition) is 4. The van der Waals surface area contributed by atoms with E-state index in [9.17, 15) is 4.79 Å². The second kappa shape index (κ2) is 8.12. The Morgan fingerprint density at radius 2 is 1.76 bits per heavy atom. The maximum Gasteiger partial charge on any atom is 0.272 e. The molecule has 0 radical (unpaired) electrons. The molecule has 0 saturated carbocycles. The van der Waals surface area contributed by atoms with Crippen LogP contribution in [0.1, 0.15) is 29.9 Å². The minimum atomic E-state index is 0.0146. The van der Waals surface area contributed by atoms with E-state index in [0.717, 1.165) is 50.5 Å². The number of carbonyl (C=O) groups is 1. The van der Waals surface area contributed by atoms with Crippen molar-refractivity contribution in [1.29, 1.82) is 0 Å². The first-order chi connectivity index (χ1) is 12.2. The molecule has 25 heavy (non-hydrogen) atoms. The van der Waals surface area contributed by atoms with Gasteiger partial charge in [-0.05, 0) is 42.8 Å². The van der Waals surface area contributed by atoms with E-state index in [1.54, 1.807) is 6.20 Å². The molecule has 3 rings (SSSR count). The van der Waals surface area contributed by atoms with Gasteiger partial charge in [-0.15, -0.1) is 0 Å². The predicted octanol–water partition coefficient (Wildman–Crippen LogP) is 3.17. The summed E-state index contributed by atoms with van der Waals surface area (Å²) in [5, 5.41) is 3.35. The molecule has 0 aliphatic carbocycles. The van der Waals surface area contributed by atoms with Gasteiger partial charge >= 0.3 is 0 Å². The number of anilines is 2. The number of carbonyl (C=O) groups excluding carboxylic acids is 1. The molecule has 1 saturated heterocycles. The van der Waals surface area contributed by atoms with Crippen molar-refractivity contribution in [2.24, 2.45) is 0 Å². The lowest BCUT2D eigenvalue weighted by Crippen LogP contribution is -2.48. The number of hydrogen-bond donors (Lipinski definition) is 1. The predicted molar refractivity (Wildman–Crippen MR) is 101 cm³/mol. The zero-order valence-electron chi connectivity index (χ0n) is 15.0. The fraction of sp³-hybridized carbons (Fsp3) is 0.400. The van der Waals surface area contributed by atoms with Crippen LogP contribution in [-0.4, -0.2) is 53.4 Å². The Morgan fingerprint density at radius 1 is 1.04 bits per heavy atom. The maximum absolute atomic E-state index is 12.7. The van der Waals surface area contributed by atoms with Crippen molar-refractivity contribution in [3.05, 3.63) is 53.9 Å². The van der Waals surface area contributed by atoms with Crippen molar-refractivity contribution in [2.75, 3.05) is 38.0 Å². The second-order valence-corrected chi connectivity index (χ2v) is 6.33. The van der Waals surface area contributed by atoms with Gasteiger partial charge in [-0.25, -0.2) is 0 Å². The van der Waals surface area contributed by atoms with Crippen molar-refractivity contribution in [2.45, 2.75) is 20.3 Å². The Labute approximate surface area is 149 Å². The minimum Gasteiger partial charge on any atom is -0.355 e. The molecule has 132 valence electrons. The normalized spacial score (nSPS) is 15.2. The van der Waals surface area contributed by atoms with Gasteiger partial charge in [-0.3, -0.25) is 9.78 Å². The zero-order chi connectivity index (χ0) is 17.6. The van der Waals surface area contributed by atoms with Gasteiger partial charge < -0.3 is 15.1 Å². The van der Waals surface area contributed by atoms with E-state index in [1.165, 1.54) is 5.56 Å². The second-order valence-electron chi connectivity index (χ2n) is 6.33. The summed E-state index contributed by atoms with van der Waals surface area (Å²) < 4.78 is 0. The smallest absolute Gasteiger partial charge is 0.272 e. The number of aromatic nitrogens is 1. The molecule has 0 bridgehead atoms. The molecule has 1 aliphatic rings. The number of pyridine rings is 1. The van der Waals surface area contributed by atoms with Crippen LogP contribution in [-0.2, 0) is 6.42 Å². The van der Waals surface area contributed by atoms with Crippen LogP contribution in [0.25, 0.3) is 0 Å². The van der Waals surface area contributed by atoms with Gasteiger partial charge in [0, 0.05) is 43.8 Å². The van der Waals surface area contributed by atoms with Crippen LogP contribution in [0.5, 0.6) is 0 Å². The first kappa shape index (κ1) is 17.4. The third-order valence-electron chi connectivity index (χ3n) is 4.74. The zero-order valence-corrected chi connectivity index (χ0v) is 15.0. The lowest BCUT2D eigenvalue weighted by Gasteiger charge is -2.33. The third kappa shape index (κ3) is 4.37. The van der Waals surface area contributed by atoms with Gasteiger partial charge in [0.2, 0.25) is 0 Å². The van der Waals surface area contributed by atoms with Crippen molar-refractivity contribution in [1.82, 2.24) is 14.8 Å². The summed E-state index contributed by atoms with van der Waals surface area (Å²) >= 11 is 0.